The lowest BCUT2D eigenvalue weighted by Gasteiger charge is -2.31. The summed E-state index contributed by atoms with van der Waals surface area (Å²) in [4.78, 5) is 40.6. The number of amides is 1. The summed E-state index contributed by atoms with van der Waals surface area (Å²) in [5.74, 6) is -0.520. The molecule has 1 aliphatic heterocycles. The van der Waals surface area contributed by atoms with E-state index in [1.54, 1.807) is 25.7 Å². The molecule has 1 atom stereocenters. The van der Waals surface area contributed by atoms with Crippen LogP contribution in [0.1, 0.15) is 29.5 Å². The number of nitrogens with one attached hydrogen (secondary N) is 2. The molecule has 33 heavy (non-hydrogen) atoms. The van der Waals surface area contributed by atoms with Crippen LogP contribution in [0.3, 0.4) is 0 Å². The van der Waals surface area contributed by atoms with Crippen molar-refractivity contribution in [3.8, 4) is 0 Å². The van der Waals surface area contributed by atoms with Crippen molar-refractivity contribution in [1.82, 2.24) is 9.13 Å². The number of fused-ring (bicyclic) bond motifs is 1. The van der Waals surface area contributed by atoms with Crippen molar-refractivity contribution in [1.29, 1.82) is 0 Å². The van der Waals surface area contributed by atoms with Gasteiger partial charge in [-0.05, 0) is 49.4 Å². The topological polar surface area (TPSA) is 85.1 Å². The number of aryl methyl sites for hydroxylation is 1. The molecule has 0 saturated carbocycles. The van der Waals surface area contributed by atoms with E-state index in [-0.39, 0.29) is 5.91 Å². The first-order chi connectivity index (χ1) is 15.7. The summed E-state index contributed by atoms with van der Waals surface area (Å²) in [6.07, 6.45) is 1.99. The van der Waals surface area contributed by atoms with Gasteiger partial charge in [-0.2, -0.15) is 0 Å². The maximum Gasteiger partial charge on any atom is 0.332 e. The van der Waals surface area contributed by atoms with Gasteiger partial charge in [-0.1, -0.05) is 30.3 Å². The van der Waals surface area contributed by atoms with E-state index in [4.69, 9.17) is 0 Å². The Morgan fingerprint density at radius 2 is 1.67 bits per heavy atom. The monoisotopic (exact) mass is 462 g/mol. The SMILES string of the molecule is CSc1ccc([C@@H]2C(C(=O)Nc3ccccc3C)=C(C)Nc3c2c(=O)n(C)c(=O)n3C)cc1. The summed E-state index contributed by atoms with van der Waals surface area (Å²) in [5, 5.41) is 6.16. The highest BCUT2D eigenvalue weighted by molar-refractivity contribution is 7.98. The van der Waals surface area contributed by atoms with E-state index in [2.05, 4.69) is 10.6 Å². The highest BCUT2D eigenvalue weighted by atomic mass is 32.2. The maximum absolute atomic E-state index is 13.6. The van der Waals surface area contributed by atoms with Crippen molar-refractivity contribution in [3.05, 3.63) is 97.3 Å². The third kappa shape index (κ3) is 3.91. The molecule has 1 amide bonds. The van der Waals surface area contributed by atoms with Gasteiger partial charge in [0.25, 0.3) is 11.5 Å². The summed E-state index contributed by atoms with van der Waals surface area (Å²) in [6, 6.07) is 15.4. The number of hydrogen-bond acceptors (Lipinski definition) is 5. The van der Waals surface area contributed by atoms with Crippen molar-refractivity contribution >= 4 is 29.2 Å². The van der Waals surface area contributed by atoms with Crippen molar-refractivity contribution < 1.29 is 4.79 Å². The summed E-state index contributed by atoms with van der Waals surface area (Å²) in [6.45, 7) is 3.72. The molecule has 4 rings (SSSR count). The molecule has 0 radical (unpaired) electrons. The average Bonchev–Trinajstić information content (AvgIpc) is 2.82. The van der Waals surface area contributed by atoms with E-state index in [1.165, 1.54) is 11.6 Å². The predicted molar refractivity (Wildman–Crippen MR) is 133 cm³/mol. The molecule has 0 aliphatic carbocycles. The van der Waals surface area contributed by atoms with Gasteiger partial charge in [0.2, 0.25) is 0 Å². The normalized spacial score (nSPS) is 15.1. The standard InChI is InChI=1S/C25H26N4O3S/c1-14-8-6-7-9-18(14)27-23(30)19-15(2)26-22-21(24(31)29(4)25(32)28(22)3)20(19)16-10-12-17(33-5)13-11-16/h6-13,20,26H,1-5H3,(H,27,30)/t20-/m1/s1. The molecule has 0 unspecified atom stereocenters. The van der Waals surface area contributed by atoms with E-state index in [0.717, 1.165) is 20.6 Å². The second-order valence-electron chi connectivity index (χ2n) is 8.11. The minimum Gasteiger partial charge on any atom is -0.344 e. The molecule has 0 spiro atoms. The third-order valence-electron chi connectivity index (χ3n) is 6.07. The smallest absolute Gasteiger partial charge is 0.332 e. The van der Waals surface area contributed by atoms with Gasteiger partial charge in [0.15, 0.2) is 0 Å². The van der Waals surface area contributed by atoms with Gasteiger partial charge in [-0.15, -0.1) is 11.8 Å². The van der Waals surface area contributed by atoms with Crippen LogP contribution in [-0.2, 0) is 18.9 Å². The number of carbonyl (C=O) groups is 1. The van der Waals surface area contributed by atoms with Crippen LogP contribution in [0.4, 0.5) is 11.5 Å². The van der Waals surface area contributed by atoms with E-state index in [9.17, 15) is 14.4 Å². The molecular weight excluding hydrogens is 436 g/mol. The molecule has 1 aliphatic rings. The molecule has 2 N–H and O–H groups in total. The number of thioether (sulfide) groups is 1. The minimum absolute atomic E-state index is 0.296. The van der Waals surface area contributed by atoms with Gasteiger partial charge < -0.3 is 10.6 Å². The molecule has 3 aromatic rings. The molecule has 0 saturated heterocycles. The summed E-state index contributed by atoms with van der Waals surface area (Å²) in [7, 11) is 3.07. The molecular formula is C25H26N4O3S. The Balaban J connectivity index is 1.94. The lowest BCUT2D eigenvalue weighted by atomic mass is 9.81. The van der Waals surface area contributed by atoms with Crippen molar-refractivity contribution in [2.45, 2.75) is 24.7 Å². The number of allylic oxidation sites excluding steroid dienone is 1. The summed E-state index contributed by atoms with van der Waals surface area (Å²) in [5.41, 5.74) is 3.01. The zero-order valence-electron chi connectivity index (χ0n) is 19.2. The predicted octanol–water partition coefficient (Wildman–Crippen LogP) is 3.58. The van der Waals surface area contributed by atoms with Crippen LogP contribution >= 0.6 is 11.8 Å². The highest BCUT2D eigenvalue weighted by Crippen LogP contribution is 2.40. The fourth-order valence-electron chi connectivity index (χ4n) is 4.22. The number of nitrogens with zero attached hydrogens (tertiary/aromatic N) is 2. The van der Waals surface area contributed by atoms with Crippen LogP contribution in [0.15, 0.2) is 74.3 Å². The fraction of sp³-hybridized carbons (Fsp3) is 0.240. The highest BCUT2D eigenvalue weighted by Gasteiger charge is 2.36. The second-order valence-corrected chi connectivity index (χ2v) is 8.99. The van der Waals surface area contributed by atoms with E-state index in [0.29, 0.717) is 28.3 Å². The van der Waals surface area contributed by atoms with E-state index in [1.807, 2.05) is 61.7 Å². The quantitative estimate of drug-likeness (QED) is 0.579. The number of aromatic nitrogens is 2. The van der Waals surface area contributed by atoms with E-state index < -0.39 is 17.2 Å². The molecule has 170 valence electrons. The fourth-order valence-corrected chi connectivity index (χ4v) is 4.63. The molecule has 1 aromatic heterocycles. The van der Waals surface area contributed by atoms with Crippen molar-refractivity contribution in [2.24, 2.45) is 14.1 Å². The summed E-state index contributed by atoms with van der Waals surface area (Å²) >= 11 is 1.62. The summed E-state index contributed by atoms with van der Waals surface area (Å²) < 4.78 is 2.50. The molecule has 2 heterocycles. The first kappa shape index (κ1) is 22.7. The maximum atomic E-state index is 13.6. The van der Waals surface area contributed by atoms with Crippen LogP contribution in [0.25, 0.3) is 0 Å². The zero-order chi connectivity index (χ0) is 23.9. The van der Waals surface area contributed by atoms with Gasteiger partial charge in [-0.25, -0.2) is 4.79 Å². The molecule has 8 heteroatoms. The largest absolute Gasteiger partial charge is 0.344 e. The molecule has 7 nitrogen and oxygen atoms in total. The number of carbonyl (C=O) groups excluding carboxylic acids is 1. The number of hydrogen-bond donors (Lipinski definition) is 2. The third-order valence-corrected chi connectivity index (χ3v) is 6.82. The minimum atomic E-state index is -0.633. The zero-order valence-corrected chi connectivity index (χ0v) is 20.0. The van der Waals surface area contributed by atoms with Gasteiger partial charge in [0.05, 0.1) is 11.5 Å². The average molecular weight is 463 g/mol. The van der Waals surface area contributed by atoms with Crippen LogP contribution in [-0.4, -0.2) is 21.3 Å². The Morgan fingerprint density at radius 1 is 1.00 bits per heavy atom. The van der Waals surface area contributed by atoms with Crippen LogP contribution in [0, 0.1) is 6.92 Å². The Hall–Kier alpha value is -3.52. The number of anilines is 2. The van der Waals surface area contributed by atoms with Gasteiger partial charge in [0.1, 0.15) is 5.82 Å². The van der Waals surface area contributed by atoms with Gasteiger partial charge in [0, 0.05) is 35.9 Å². The van der Waals surface area contributed by atoms with Gasteiger partial charge in [-0.3, -0.25) is 18.7 Å². The number of rotatable bonds is 4. The number of para-hydroxylation sites is 1. The first-order valence-electron chi connectivity index (χ1n) is 10.5. The Labute approximate surface area is 196 Å². The van der Waals surface area contributed by atoms with Crippen molar-refractivity contribution in [3.63, 3.8) is 0 Å². The first-order valence-corrected chi connectivity index (χ1v) is 11.8. The van der Waals surface area contributed by atoms with Gasteiger partial charge >= 0.3 is 5.69 Å². The Morgan fingerprint density at radius 3 is 2.30 bits per heavy atom. The van der Waals surface area contributed by atoms with Crippen LogP contribution in [0.5, 0.6) is 0 Å². The molecule has 2 aromatic carbocycles. The Bertz CT molecular complexity index is 1400. The second kappa shape index (κ2) is 8.78. The van der Waals surface area contributed by atoms with Crippen LogP contribution in [0.2, 0.25) is 0 Å². The van der Waals surface area contributed by atoms with Crippen LogP contribution < -0.4 is 21.9 Å². The molecule has 0 fully saturated rings. The lowest BCUT2D eigenvalue weighted by Crippen LogP contribution is -2.43. The van der Waals surface area contributed by atoms with Crippen molar-refractivity contribution in [2.75, 3.05) is 16.9 Å². The van der Waals surface area contributed by atoms with E-state index >= 15 is 0 Å². The Kier molecular flexibility index (Phi) is 6.03. The number of benzene rings is 2. The lowest BCUT2D eigenvalue weighted by molar-refractivity contribution is -0.113. The molecule has 0 bridgehead atoms.